The molecular weight excluding hydrogens is 242 g/mol. The Morgan fingerprint density at radius 3 is 2.88 bits per heavy atom. The van der Waals surface area contributed by atoms with Crippen LogP contribution < -0.4 is 5.32 Å². The van der Waals surface area contributed by atoms with E-state index >= 15 is 0 Å². The van der Waals surface area contributed by atoms with Crippen molar-refractivity contribution in [3.8, 4) is 5.75 Å². The molecule has 0 saturated carbocycles. The van der Waals surface area contributed by atoms with Crippen LogP contribution >= 0.6 is 11.6 Å². The van der Waals surface area contributed by atoms with E-state index in [1.807, 2.05) is 0 Å². The molecule has 0 spiro atoms. The van der Waals surface area contributed by atoms with Crippen molar-refractivity contribution in [2.45, 2.75) is 6.92 Å². The Morgan fingerprint density at radius 2 is 2.29 bits per heavy atom. The van der Waals surface area contributed by atoms with E-state index in [1.54, 1.807) is 6.92 Å². The van der Waals surface area contributed by atoms with Crippen LogP contribution in [0, 0.1) is 6.92 Å². The highest BCUT2D eigenvalue weighted by molar-refractivity contribution is 6.34. The van der Waals surface area contributed by atoms with Gasteiger partial charge in [0.25, 0.3) is 5.91 Å². The van der Waals surface area contributed by atoms with Crippen molar-refractivity contribution in [3.05, 3.63) is 40.7 Å². The van der Waals surface area contributed by atoms with Crippen LogP contribution in [0.15, 0.2) is 24.4 Å². The topological polar surface area (TPSA) is 78.0 Å². The lowest BCUT2D eigenvalue weighted by atomic mass is 10.2. The average molecular weight is 252 g/mol. The number of carbonyl (C=O) groups is 1. The summed E-state index contributed by atoms with van der Waals surface area (Å²) < 4.78 is 0. The van der Waals surface area contributed by atoms with E-state index < -0.39 is 0 Å². The van der Waals surface area contributed by atoms with Crippen LogP contribution in [0.25, 0.3) is 0 Å². The van der Waals surface area contributed by atoms with Crippen LogP contribution in [-0.2, 0) is 0 Å². The van der Waals surface area contributed by atoms with Gasteiger partial charge in [-0.3, -0.25) is 9.89 Å². The zero-order valence-corrected chi connectivity index (χ0v) is 9.75. The molecule has 1 amide bonds. The fourth-order valence-corrected chi connectivity index (χ4v) is 1.60. The van der Waals surface area contributed by atoms with E-state index in [-0.39, 0.29) is 16.7 Å². The monoisotopic (exact) mass is 251 g/mol. The van der Waals surface area contributed by atoms with Crippen molar-refractivity contribution in [1.82, 2.24) is 10.2 Å². The summed E-state index contributed by atoms with van der Waals surface area (Å²) in [5.41, 5.74) is 1.57. The third kappa shape index (κ3) is 2.39. The van der Waals surface area contributed by atoms with Crippen LogP contribution in [0.4, 0.5) is 5.69 Å². The van der Waals surface area contributed by atoms with Crippen molar-refractivity contribution in [2.75, 3.05) is 5.32 Å². The highest BCUT2D eigenvalue weighted by Gasteiger charge is 2.12. The highest BCUT2D eigenvalue weighted by Crippen LogP contribution is 2.26. The van der Waals surface area contributed by atoms with Gasteiger partial charge in [0, 0.05) is 11.8 Å². The maximum Gasteiger partial charge on any atom is 0.259 e. The number of H-pyrrole nitrogens is 1. The number of phenols is 1. The molecule has 5 nitrogen and oxygen atoms in total. The number of aryl methyl sites for hydroxylation is 1. The van der Waals surface area contributed by atoms with Gasteiger partial charge in [-0.05, 0) is 19.1 Å². The smallest absolute Gasteiger partial charge is 0.259 e. The molecule has 0 fully saturated rings. The number of aromatic nitrogens is 2. The van der Waals surface area contributed by atoms with E-state index in [0.717, 1.165) is 0 Å². The van der Waals surface area contributed by atoms with E-state index in [9.17, 15) is 9.90 Å². The molecule has 17 heavy (non-hydrogen) atoms. The number of rotatable bonds is 2. The molecule has 0 saturated heterocycles. The lowest BCUT2D eigenvalue weighted by Crippen LogP contribution is -2.12. The summed E-state index contributed by atoms with van der Waals surface area (Å²) in [6.45, 7) is 1.75. The third-order valence-electron chi connectivity index (χ3n) is 2.28. The number of benzene rings is 1. The number of anilines is 1. The summed E-state index contributed by atoms with van der Waals surface area (Å²) in [6.07, 6.45) is 1.44. The van der Waals surface area contributed by atoms with Gasteiger partial charge >= 0.3 is 0 Å². The molecule has 0 aliphatic heterocycles. The predicted octanol–water partition coefficient (Wildman–Crippen LogP) is 2.33. The van der Waals surface area contributed by atoms with Gasteiger partial charge in [-0.2, -0.15) is 5.10 Å². The fraction of sp³-hybridized carbons (Fsp3) is 0.0909. The zero-order chi connectivity index (χ0) is 12.4. The number of carbonyl (C=O) groups excluding carboxylic acids is 1. The van der Waals surface area contributed by atoms with Gasteiger partial charge in [0.15, 0.2) is 0 Å². The summed E-state index contributed by atoms with van der Waals surface area (Å²) >= 11 is 5.88. The first-order valence-electron chi connectivity index (χ1n) is 4.88. The van der Waals surface area contributed by atoms with Crippen LogP contribution in [0.1, 0.15) is 16.1 Å². The molecule has 3 N–H and O–H groups in total. The largest absolute Gasteiger partial charge is 0.508 e. The van der Waals surface area contributed by atoms with E-state index in [2.05, 4.69) is 15.5 Å². The van der Waals surface area contributed by atoms with Crippen molar-refractivity contribution >= 4 is 23.2 Å². The molecule has 0 aliphatic rings. The Bertz CT molecular complexity index is 566. The predicted molar refractivity (Wildman–Crippen MR) is 64.4 cm³/mol. The number of hydrogen-bond acceptors (Lipinski definition) is 3. The first-order chi connectivity index (χ1) is 8.08. The SMILES string of the molecule is Cc1[nH]ncc1C(=O)Nc1ccc(O)cc1Cl. The third-order valence-corrected chi connectivity index (χ3v) is 2.59. The molecule has 2 aromatic rings. The lowest BCUT2D eigenvalue weighted by Gasteiger charge is -2.06. The first-order valence-corrected chi connectivity index (χ1v) is 5.25. The molecule has 0 radical (unpaired) electrons. The summed E-state index contributed by atoms with van der Waals surface area (Å²) in [5.74, 6) is -0.253. The standard InChI is InChI=1S/C11H10ClN3O2/c1-6-8(5-13-15-6)11(17)14-10-3-2-7(16)4-9(10)12/h2-5,16H,1H3,(H,13,15)(H,14,17). The van der Waals surface area contributed by atoms with Crippen LogP contribution in [0.2, 0.25) is 5.02 Å². The normalized spacial score (nSPS) is 10.2. The molecule has 0 atom stereocenters. The Labute approximate surface area is 102 Å². The molecule has 0 bridgehead atoms. The number of amides is 1. The van der Waals surface area contributed by atoms with Gasteiger partial charge in [-0.15, -0.1) is 0 Å². The number of aromatic hydroxyl groups is 1. The van der Waals surface area contributed by atoms with Gasteiger partial charge < -0.3 is 10.4 Å². The number of aromatic amines is 1. The number of phenolic OH excluding ortho intramolecular Hbond substituents is 1. The minimum absolute atomic E-state index is 0.0486. The minimum atomic E-state index is -0.302. The molecule has 2 rings (SSSR count). The second kappa shape index (κ2) is 4.47. The molecule has 88 valence electrons. The van der Waals surface area contributed by atoms with Crippen molar-refractivity contribution in [2.24, 2.45) is 0 Å². The number of halogens is 1. The quantitative estimate of drug-likeness (QED) is 0.717. The Balaban J connectivity index is 2.22. The molecule has 0 unspecified atom stereocenters. The molecule has 1 heterocycles. The number of nitrogens with zero attached hydrogens (tertiary/aromatic N) is 1. The molecule has 0 aliphatic carbocycles. The maximum atomic E-state index is 11.8. The minimum Gasteiger partial charge on any atom is -0.508 e. The van der Waals surface area contributed by atoms with Gasteiger partial charge in [0.05, 0.1) is 22.5 Å². The molecule has 6 heteroatoms. The fourth-order valence-electron chi connectivity index (χ4n) is 1.37. The maximum absolute atomic E-state index is 11.8. The number of nitrogens with one attached hydrogen (secondary N) is 2. The second-order valence-corrected chi connectivity index (χ2v) is 3.93. The van der Waals surface area contributed by atoms with E-state index in [1.165, 1.54) is 24.4 Å². The highest BCUT2D eigenvalue weighted by atomic mass is 35.5. The second-order valence-electron chi connectivity index (χ2n) is 3.53. The summed E-state index contributed by atoms with van der Waals surface area (Å²) in [4.78, 5) is 11.8. The average Bonchev–Trinajstić information content (AvgIpc) is 2.68. The van der Waals surface area contributed by atoms with Crippen LogP contribution in [0.3, 0.4) is 0 Å². The van der Waals surface area contributed by atoms with Gasteiger partial charge in [0.1, 0.15) is 5.75 Å². The molecular formula is C11H10ClN3O2. The van der Waals surface area contributed by atoms with Crippen LogP contribution in [-0.4, -0.2) is 21.2 Å². The Kier molecular flexibility index (Phi) is 3.01. The first kappa shape index (κ1) is 11.5. The summed E-state index contributed by atoms with van der Waals surface area (Å²) in [5, 5.41) is 18.5. The van der Waals surface area contributed by atoms with Crippen molar-refractivity contribution in [1.29, 1.82) is 0 Å². The summed E-state index contributed by atoms with van der Waals surface area (Å²) in [6, 6.07) is 4.34. The van der Waals surface area contributed by atoms with Crippen molar-refractivity contribution < 1.29 is 9.90 Å². The number of hydrogen-bond donors (Lipinski definition) is 3. The van der Waals surface area contributed by atoms with E-state index in [0.29, 0.717) is 16.9 Å². The van der Waals surface area contributed by atoms with E-state index in [4.69, 9.17) is 11.6 Å². The molecule has 1 aromatic carbocycles. The summed E-state index contributed by atoms with van der Waals surface area (Å²) in [7, 11) is 0. The Morgan fingerprint density at radius 1 is 1.53 bits per heavy atom. The molecule has 1 aromatic heterocycles. The van der Waals surface area contributed by atoms with Gasteiger partial charge in [-0.1, -0.05) is 11.6 Å². The zero-order valence-electron chi connectivity index (χ0n) is 8.99. The van der Waals surface area contributed by atoms with Crippen molar-refractivity contribution in [3.63, 3.8) is 0 Å². The Hall–Kier alpha value is -2.01. The van der Waals surface area contributed by atoms with Gasteiger partial charge in [0.2, 0.25) is 0 Å². The lowest BCUT2D eigenvalue weighted by molar-refractivity contribution is 0.102. The van der Waals surface area contributed by atoms with Crippen LogP contribution in [0.5, 0.6) is 5.75 Å². The van der Waals surface area contributed by atoms with Gasteiger partial charge in [-0.25, -0.2) is 0 Å².